The molecule has 2 aromatic carbocycles. The molecule has 172 valence electrons. The maximum atomic E-state index is 13.1. The highest BCUT2D eigenvalue weighted by Crippen LogP contribution is 2.31. The Hall–Kier alpha value is -3.60. The molecule has 0 aliphatic carbocycles. The molecule has 0 bridgehead atoms. The van der Waals surface area contributed by atoms with Crippen LogP contribution in [-0.4, -0.2) is 33.1 Å². The van der Waals surface area contributed by atoms with Crippen LogP contribution in [0.4, 0.5) is 18.9 Å². The molecular formula is C22H19F3N4O3S. The van der Waals surface area contributed by atoms with E-state index in [0.717, 1.165) is 23.9 Å². The van der Waals surface area contributed by atoms with Gasteiger partial charge >= 0.3 is 6.18 Å². The Labute approximate surface area is 191 Å². The zero-order valence-electron chi connectivity index (χ0n) is 17.6. The Morgan fingerprint density at radius 3 is 2.45 bits per heavy atom. The van der Waals surface area contributed by atoms with Gasteiger partial charge in [-0.25, -0.2) is 4.68 Å². The molecule has 0 radical (unpaired) electrons. The van der Waals surface area contributed by atoms with Gasteiger partial charge in [0.1, 0.15) is 0 Å². The number of hydrogen-bond acceptors (Lipinski definition) is 5. The van der Waals surface area contributed by atoms with E-state index < -0.39 is 29.3 Å². The molecule has 11 heteroatoms. The van der Waals surface area contributed by atoms with E-state index in [0.29, 0.717) is 10.6 Å². The van der Waals surface area contributed by atoms with Crippen LogP contribution in [0, 0.1) is 13.8 Å². The number of primary amides is 1. The van der Waals surface area contributed by atoms with Crippen molar-refractivity contribution in [1.82, 2.24) is 9.78 Å². The predicted octanol–water partition coefficient (Wildman–Crippen LogP) is 3.91. The number of halogens is 3. The van der Waals surface area contributed by atoms with E-state index in [2.05, 4.69) is 10.4 Å². The molecule has 3 rings (SSSR count). The van der Waals surface area contributed by atoms with Gasteiger partial charge in [0, 0.05) is 4.90 Å². The minimum Gasteiger partial charge on any atom is -0.369 e. The summed E-state index contributed by atoms with van der Waals surface area (Å²) in [5.41, 5.74) is 5.15. The fraction of sp³-hybridized carbons (Fsp3) is 0.182. The van der Waals surface area contributed by atoms with Crippen LogP contribution in [0.2, 0.25) is 0 Å². The monoisotopic (exact) mass is 476 g/mol. The molecule has 1 aromatic heterocycles. The summed E-state index contributed by atoms with van der Waals surface area (Å²) in [6.45, 7) is 2.99. The molecule has 0 spiro atoms. The van der Waals surface area contributed by atoms with Crippen LogP contribution in [0.3, 0.4) is 0 Å². The van der Waals surface area contributed by atoms with Gasteiger partial charge in [0.15, 0.2) is 0 Å². The van der Waals surface area contributed by atoms with E-state index in [1.54, 1.807) is 24.3 Å². The minimum atomic E-state index is -4.54. The molecule has 0 atom stereocenters. The number of aryl methyl sites for hydroxylation is 1. The van der Waals surface area contributed by atoms with E-state index >= 15 is 0 Å². The number of alkyl halides is 3. The largest absolute Gasteiger partial charge is 0.416 e. The van der Waals surface area contributed by atoms with Crippen LogP contribution in [-0.2, 0) is 15.8 Å². The number of nitrogens with one attached hydrogen (secondary N) is 1. The van der Waals surface area contributed by atoms with Crippen molar-refractivity contribution >= 4 is 35.0 Å². The Morgan fingerprint density at radius 1 is 1.09 bits per heavy atom. The second kappa shape index (κ2) is 9.49. The number of benzene rings is 2. The van der Waals surface area contributed by atoms with Crippen molar-refractivity contribution in [2.24, 2.45) is 5.73 Å². The average Bonchev–Trinajstić information content (AvgIpc) is 3.05. The lowest BCUT2D eigenvalue weighted by Gasteiger charge is -2.11. The Balaban J connectivity index is 1.88. The predicted molar refractivity (Wildman–Crippen MR) is 117 cm³/mol. The summed E-state index contributed by atoms with van der Waals surface area (Å²) >= 11 is 1.11. The van der Waals surface area contributed by atoms with E-state index in [-0.39, 0.29) is 28.4 Å². The van der Waals surface area contributed by atoms with E-state index in [1.165, 1.54) is 30.7 Å². The van der Waals surface area contributed by atoms with Crippen molar-refractivity contribution in [2.75, 3.05) is 11.1 Å². The zero-order chi connectivity index (χ0) is 24.3. The molecule has 2 amide bonds. The number of Topliss-reactive ketones (excluding diaryl/α,β-unsaturated/α-hetero) is 1. The number of hydrogen-bond donors (Lipinski definition) is 2. The number of ketones is 1. The molecule has 3 aromatic rings. The van der Waals surface area contributed by atoms with Gasteiger partial charge in [-0.05, 0) is 44.2 Å². The third-order valence-electron chi connectivity index (χ3n) is 4.65. The standard InChI is InChI=1S/C22H19F3N4O3S/c1-12-19(13(2)29(28-12)15-7-5-6-14(10-15)22(23,24)25)20(31)21(32)27-16-8-3-4-9-17(16)33-11-18(26)30/h3-10H,11H2,1-2H3,(H2,26,30)(H,27,32). The number of thioether (sulfide) groups is 1. The highest BCUT2D eigenvalue weighted by molar-refractivity contribution is 8.00. The van der Waals surface area contributed by atoms with Crippen molar-refractivity contribution in [3.63, 3.8) is 0 Å². The molecule has 7 nitrogen and oxygen atoms in total. The molecule has 0 fully saturated rings. The van der Waals surface area contributed by atoms with Gasteiger partial charge in [0.05, 0.1) is 39.6 Å². The van der Waals surface area contributed by atoms with Crippen LogP contribution in [0.5, 0.6) is 0 Å². The number of rotatable bonds is 7. The molecule has 0 saturated carbocycles. The van der Waals surface area contributed by atoms with E-state index in [4.69, 9.17) is 5.73 Å². The Morgan fingerprint density at radius 2 is 1.79 bits per heavy atom. The molecule has 1 heterocycles. The van der Waals surface area contributed by atoms with Crippen molar-refractivity contribution in [2.45, 2.75) is 24.9 Å². The van der Waals surface area contributed by atoms with Crippen LogP contribution in [0.25, 0.3) is 5.69 Å². The number of carbonyl (C=O) groups excluding carboxylic acids is 3. The minimum absolute atomic E-state index is 0.00724. The van der Waals surface area contributed by atoms with Crippen LogP contribution < -0.4 is 11.1 Å². The lowest BCUT2D eigenvalue weighted by molar-refractivity contribution is -0.137. The lowest BCUT2D eigenvalue weighted by Crippen LogP contribution is -2.24. The topological polar surface area (TPSA) is 107 Å². The molecule has 0 unspecified atom stereocenters. The summed E-state index contributed by atoms with van der Waals surface area (Å²) < 4.78 is 40.4. The fourth-order valence-electron chi connectivity index (χ4n) is 3.17. The van der Waals surface area contributed by atoms with Crippen LogP contribution in [0.15, 0.2) is 53.4 Å². The number of carbonyl (C=O) groups is 3. The van der Waals surface area contributed by atoms with E-state index in [9.17, 15) is 27.6 Å². The second-order valence-corrected chi connectivity index (χ2v) is 8.06. The molecule has 33 heavy (non-hydrogen) atoms. The lowest BCUT2D eigenvalue weighted by atomic mass is 10.1. The number of nitrogens with two attached hydrogens (primary N) is 1. The molecule has 0 aliphatic heterocycles. The molecule has 3 N–H and O–H groups in total. The van der Waals surface area contributed by atoms with Gasteiger partial charge in [0.2, 0.25) is 5.91 Å². The summed E-state index contributed by atoms with van der Waals surface area (Å²) in [7, 11) is 0. The van der Waals surface area contributed by atoms with Gasteiger partial charge < -0.3 is 11.1 Å². The first-order valence-corrected chi connectivity index (χ1v) is 10.6. The second-order valence-electron chi connectivity index (χ2n) is 7.04. The first-order valence-electron chi connectivity index (χ1n) is 9.58. The number of anilines is 1. The quantitative estimate of drug-likeness (QED) is 0.306. The average molecular weight is 476 g/mol. The molecular weight excluding hydrogens is 457 g/mol. The highest BCUT2D eigenvalue weighted by Gasteiger charge is 2.31. The third-order valence-corrected chi connectivity index (χ3v) is 5.74. The van der Waals surface area contributed by atoms with Crippen molar-refractivity contribution in [3.05, 3.63) is 71.0 Å². The van der Waals surface area contributed by atoms with Gasteiger partial charge in [-0.1, -0.05) is 18.2 Å². The summed E-state index contributed by atoms with van der Waals surface area (Å²) in [5.74, 6) is -2.39. The fourth-order valence-corrected chi connectivity index (χ4v) is 3.92. The Bertz CT molecular complexity index is 1240. The SMILES string of the molecule is Cc1nn(-c2cccc(C(F)(F)F)c2)c(C)c1C(=O)C(=O)Nc1ccccc1SCC(N)=O. The maximum absolute atomic E-state index is 13.1. The summed E-state index contributed by atoms with van der Waals surface area (Å²) in [4.78, 5) is 37.2. The summed E-state index contributed by atoms with van der Waals surface area (Å²) in [6, 6.07) is 11.1. The normalized spacial score (nSPS) is 11.3. The summed E-state index contributed by atoms with van der Waals surface area (Å²) in [5, 5.41) is 6.69. The number of nitrogens with zero attached hydrogens (tertiary/aromatic N) is 2. The van der Waals surface area contributed by atoms with Gasteiger partial charge in [0.25, 0.3) is 11.7 Å². The Kier molecular flexibility index (Phi) is 6.92. The number of aromatic nitrogens is 2. The molecule has 0 saturated heterocycles. The van der Waals surface area contributed by atoms with Crippen molar-refractivity contribution < 1.29 is 27.6 Å². The maximum Gasteiger partial charge on any atom is 0.416 e. The van der Waals surface area contributed by atoms with E-state index in [1.807, 2.05) is 0 Å². The zero-order valence-corrected chi connectivity index (χ0v) is 18.4. The van der Waals surface area contributed by atoms with Crippen molar-refractivity contribution in [1.29, 1.82) is 0 Å². The summed E-state index contributed by atoms with van der Waals surface area (Å²) in [6.07, 6.45) is -4.54. The first-order chi connectivity index (χ1) is 15.5. The number of amides is 2. The van der Waals surface area contributed by atoms with Gasteiger partial charge in [-0.15, -0.1) is 11.8 Å². The van der Waals surface area contributed by atoms with Gasteiger partial charge in [-0.2, -0.15) is 18.3 Å². The highest BCUT2D eigenvalue weighted by atomic mass is 32.2. The first kappa shape index (κ1) is 24.1. The third kappa shape index (κ3) is 5.43. The molecule has 0 aliphatic rings. The van der Waals surface area contributed by atoms with Crippen LogP contribution >= 0.6 is 11.8 Å². The van der Waals surface area contributed by atoms with Crippen LogP contribution in [0.1, 0.15) is 27.3 Å². The van der Waals surface area contributed by atoms with Gasteiger partial charge in [-0.3, -0.25) is 14.4 Å². The smallest absolute Gasteiger partial charge is 0.369 e. The number of para-hydroxylation sites is 1. The van der Waals surface area contributed by atoms with Crippen molar-refractivity contribution in [3.8, 4) is 5.69 Å².